The number of esters is 2. The summed E-state index contributed by atoms with van der Waals surface area (Å²) < 4.78 is 22.6. The van der Waals surface area contributed by atoms with Crippen LogP contribution in [0.15, 0.2) is 79.4 Å². The number of nitrogens with one attached hydrogen (secondary N) is 1. The van der Waals surface area contributed by atoms with Gasteiger partial charge in [-0.25, -0.2) is 4.79 Å². The largest absolute Gasteiger partial charge is 0.494 e. The SMILES string of the molecule is C=CC(=O)OCCCCCCOc1ccc(OC(=O)C2CCC(COc3ccc(-c4ccc(CCC)cc4)c(C=N)c3)CC2)cc1. The highest BCUT2D eigenvalue weighted by atomic mass is 16.5. The molecule has 1 saturated carbocycles. The maximum Gasteiger partial charge on any atom is 0.330 e. The number of carbonyl (C=O) groups excluding carboxylic acids is 2. The summed E-state index contributed by atoms with van der Waals surface area (Å²) >= 11 is 0. The van der Waals surface area contributed by atoms with Gasteiger partial charge in [0.05, 0.1) is 25.7 Å². The maximum absolute atomic E-state index is 12.8. The summed E-state index contributed by atoms with van der Waals surface area (Å²) in [5.74, 6) is 1.74. The van der Waals surface area contributed by atoms with E-state index < -0.39 is 0 Å². The van der Waals surface area contributed by atoms with Crippen molar-refractivity contribution in [1.82, 2.24) is 0 Å². The highest BCUT2D eigenvalue weighted by Crippen LogP contribution is 2.32. The highest BCUT2D eigenvalue weighted by molar-refractivity contribution is 5.89. The zero-order valence-corrected chi connectivity index (χ0v) is 27.0. The third kappa shape index (κ3) is 10.9. The van der Waals surface area contributed by atoms with Crippen LogP contribution >= 0.6 is 0 Å². The summed E-state index contributed by atoms with van der Waals surface area (Å²) in [7, 11) is 0. The molecule has 46 heavy (non-hydrogen) atoms. The molecule has 0 aromatic heterocycles. The smallest absolute Gasteiger partial charge is 0.330 e. The van der Waals surface area contributed by atoms with E-state index in [1.165, 1.54) is 17.9 Å². The Morgan fingerprint density at radius 3 is 2.17 bits per heavy atom. The quantitative estimate of drug-likeness (QED) is 0.0499. The molecule has 0 spiro atoms. The lowest BCUT2D eigenvalue weighted by Crippen LogP contribution is -2.27. The third-order valence-electron chi connectivity index (χ3n) is 8.41. The van der Waals surface area contributed by atoms with Gasteiger partial charge in [0.15, 0.2) is 0 Å². The Morgan fingerprint density at radius 1 is 0.826 bits per heavy atom. The Labute approximate surface area is 273 Å². The second kappa shape index (κ2) is 18.5. The van der Waals surface area contributed by atoms with Gasteiger partial charge in [0.1, 0.15) is 17.2 Å². The molecule has 7 heteroatoms. The molecule has 1 aliphatic carbocycles. The van der Waals surface area contributed by atoms with Crippen LogP contribution in [0.3, 0.4) is 0 Å². The fourth-order valence-electron chi connectivity index (χ4n) is 5.71. The minimum absolute atomic E-state index is 0.111. The van der Waals surface area contributed by atoms with Crippen LogP contribution < -0.4 is 14.2 Å². The third-order valence-corrected chi connectivity index (χ3v) is 8.41. The fourth-order valence-corrected chi connectivity index (χ4v) is 5.71. The van der Waals surface area contributed by atoms with E-state index in [9.17, 15) is 9.59 Å². The summed E-state index contributed by atoms with van der Waals surface area (Å²) in [6.45, 7) is 7.17. The molecule has 0 aliphatic heterocycles. The van der Waals surface area contributed by atoms with Crippen molar-refractivity contribution in [2.45, 2.75) is 71.1 Å². The Hall–Kier alpha value is -4.39. The van der Waals surface area contributed by atoms with E-state index in [1.54, 1.807) is 12.1 Å². The molecule has 7 nitrogen and oxygen atoms in total. The Bertz CT molecular complexity index is 1410. The van der Waals surface area contributed by atoms with E-state index in [4.69, 9.17) is 24.4 Å². The number of hydrogen-bond acceptors (Lipinski definition) is 7. The van der Waals surface area contributed by atoms with Crippen LogP contribution in [0.2, 0.25) is 0 Å². The van der Waals surface area contributed by atoms with Crippen molar-refractivity contribution in [2.24, 2.45) is 11.8 Å². The minimum Gasteiger partial charge on any atom is -0.494 e. The number of rotatable bonds is 18. The second-order valence-corrected chi connectivity index (χ2v) is 11.9. The fraction of sp³-hybridized carbons (Fsp3) is 0.410. The van der Waals surface area contributed by atoms with Gasteiger partial charge in [0.25, 0.3) is 0 Å². The van der Waals surface area contributed by atoms with Gasteiger partial charge in [0, 0.05) is 17.9 Å². The molecule has 244 valence electrons. The standard InChI is InChI=1S/C39H47NO6/c1-3-9-29-10-14-31(15-11-29)37-23-22-36(26-33(37)27-40)45-28-30-12-16-32(17-13-30)39(42)46-35-20-18-34(19-21-35)43-24-7-5-6-8-25-44-38(41)4-2/h4,10-11,14-15,18-23,26-27,30,32,40H,2-3,5-9,12-13,16-17,24-25,28H2,1H3. The zero-order valence-electron chi connectivity index (χ0n) is 27.0. The van der Waals surface area contributed by atoms with Crippen molar-refractivity contribution in [2.75, 3.05) is 19.8 Å². The van der Waals surface area contributed by atoms with Crippen molar-refractivity contribution in [3.05, 3.63) is 90.5 Å². The van der Waals surface area contributed by atoms with Gasteiger partial charge in [-0.2, -0.15) is 0 Å². The Morgan fingerprint density at radius 2 is 1.50 bits per heavy atom. The zero-order chi connectivity index (χ0) is 32.6. The highest BCUT2D eigenvalue weighted by Gasteiger charge is 2.28. The van der Waals surface area contributed by atoms with E-state index in [0.717, 1.165) is 92.4 Å². The molecule has 0 unspecified atom stereocenters. The first kappa shape index (κ1) is 34.5. The molecule has 0 bridgehead atoms. The number of carbonyl (C=O) groups is 2. The molecule has 0 atom stereocenters. The molecule has 0 radical (unpaired) electrons. The summed E-state index contributed by atoms with van der Waals surface area (Å²) in [4.78, 5) is 23.9. The van der Waals surface area contributed by atoms with Gasteiger partial charge in [-0.3, -0.25) is 4.79 Å². The number of aryl methyl sites for hydroxylation is 1. The van der Waals surface area contributed by atoms with E-state index in [-0.39, 0.29) is 17.9 Å². The molecular weight excluding hydrogens is 578 g/mol. The average molecular weight is 626 g/mol. The van der Waals surface area contributed by atoms with Crippen LogP contribution in [0.25, 0.3) is 11.1 Å². The average Bonchev–Trinajstić information content (AvgIpc) is 3.09. The lowest BCUT2D eigenvalue weighted by molar-refractivity contribution is -0.140. The van der Waals surface area contributed by atoms with E-state index in [2.05, 4.69) is 37.8 Å². The molecule has 1 fully saturated rings. The van der Waals surface area contributed by atoms with E-state index >= 15 is 0 Å². The van der Waals surface area contributed by atoms with Crippen molar-refractivity contribution < 1.29 is 28.5 Å². The van der Waals surface area contributed by atoms with Crippen molar-refractivity contribution in [3.8, 4) is 28.4 Å². The molecule has 1 N–H and O–H groups in total. The van der Waals surface area contributed by atoms with Crippen LogP contribution in [0.4, 0.5) is 0 Å². The first-order chi connectivity index (χ1) is 22.5. The normalized spacial score (nSPS) is 15.8. The molecule has 3 aromatic rings. The summed E-state index contributed by atoms with van der Waals surface area (Å²) in [6, 6.07) is 21.7. The van der Waals surface area contributed by atoms with Gasteiger partial charge in [-0.15, -0.1) is 0 Å². The van der Waals surface area contributed by atoms with Crippen LogP contribution in [-0.4, -0.2) is 38.0 Å². The molecule has 0 saturated heterocycles. The van der Waals surface area contributed by atoms with Crippen molar-refractivity contribution >= 4 is 18.2 Å². The molecule has 0 amide bonds. The molecule has 1 aliphatic rings. The Balaban J connectivity index is 1.13. The topological polar surface area (TPSA) is 94.9 Å². The van der Waals surface area contributed by atoms with Crippen LogP contribution in [0.1, 0.15) is 75.8 Å². The van der Waals surface area contributed by atoms with Gasteiger partial charge >= 0.3 is 11.9 Å². The van der Waals surface area contributed by atoms with Crippen LogP contribution in [-0.2, 0) is 20.7 Å². The van der Waals surface area contributed by atoms with Gasteiger partial charge in [-0.1, -0.05) is 50.3 Å². The van der Waals surface area contributed by atoms with Crippen LogP contribution in [0, 0.1) is 17.2 Å². The lowest BCUT2D eigenvalue weighted by Gasteiger charge is -2.27. The van der Waals surface area contributed by atoms with Crippen molar-refractivity contribution in [3.63, 3.8) is 0 Å². The van der Waals surface area contributed by atoms with Gasteiger partial charge in [0.2, 0.25) is 0 Å². The monoisotopic (exact) mass is 625 g/mol. The summed E-state index contributed by atoms with van der Waals surface area (Å²) in [6.07, 6.45) is 11.8. The maximum atomic E-state index is 12.8. The number of hydrogen-bond donors (Lipinski definition) is 1. The number of unbranched alkanes of at least 4 members (excludes halogenated alkanes) is 3. The van der Waals surface area contributed by atoms with Gasteiger partial charge < -0.3 is 24.4 Å². The number of ether oxygens (including phenoxy) is 4. The lowest BCUT2D eigenvalue weighted by atomic mass is 9.82. The molecule has 3 aromatic carbocycles. The Kier molecular flexibility index (Phi) is 13.9. The second-order valence-electron chi connectivity index (χ2n) is 11.9. The van der Waals surface area contributed by atoms with E-state index in [1.807, 2.05) is 30.3 Å². The minimum atomic E-state index is -0.382. The van der Waals surface area contributed by atoms with Crippen molar-refractivity contribution in [1.29, 1.82) is 5.41 Å². The van der Waals surface area contributed by atoms with Gasteiger partial charge in [-0.05, 0) is 117 Å². The summed E-state index contributed by atoms with van der Waals surface area (Å²) in [5.41, 5.74) is 4.29. The molecule has 4 rings (SSSR count). The van der Waals surface area contributed by atoms with Crippen LogP contribution in [0.5, 0.6) is 17.2 Å². The summed E-state index contributed by atoms with van der Waals surface area (Å²) in [5, 5.41) is 7.95. The first-order valence-electron chi connectivity index (χ1n) is 16.6. The number of benzene rings is 3. The van der Waals surface area contributed by atoms with E-state index in [0.29, 0.717) is 31.5 Å². The predicted molar refractivity (Wildman–Crippen MR) is 182 cm³/mol. The molecule has 0 heterocycles. The first-order valence-corrected chi connectivity index (χ1v) is 16.6. The predicted octanol–water partition coefficient (Wildman–Crippen LogP) is 8.76. The molecular formula is C39H47NO6.